The molecule has 0 N–H and O–H groups in total. The van der Waals surface area contributed by atoms with Crippen LogP contribution in [0.15, 0.2) is 42.5 Å². The highest BCUT2D eigenvalue weighted by Crippen LogP contribution is 2.40. The Morgan fingerprint density at radius 2 is 1.52 bits per heavy atom. The normalized spacial score (nSPS) is 11.0. The SMILES string of the molecule is COc1ccc(/C=C/C(=O)c2ccc(C(C)C)cc2)c(OC)c1OC. The molecule has 0 spiro atoms. The Hall–Kier alpha value is -2.75. The number of allylic oxidation sites excluding steroid dienone is 1. The molecule has 2 aromatic rings. The van der Waals surface area contributed by atoms with E-state index in [1.807, 2.05) is 30.3 Å². The molecule has 0 bridgehead atoms. The lowest BCUT2D eigenvalue weighted by Crippen LogP contribution is -1.98. The van der Waals surface area contributed by atoms with Crippen LogP contribution in [0, 0.1) is 0 Å². The Morgan fingerprint density at radius 3 is 2.04 bits per heavy atom. The molecular weight excluding hydrogens is 316 g/mol. The van der Waals surface area contributed by atoms with Crippen molar-refractivity contribution in [2.75, 3.05) is 21.3 Å². The highest BCUT2D eigenvalue weighted by atomic mass is 16.5. The van der Waals surface area contributed by atoms with Crippen LogP contribution in [-0.4, -0.2) is 27.1 Å². The summed E-state index contributed by atoms with van der Waals surface area (Å²) in [6.07, 6.45) is 3.26. The molecule has 132 valence electrons. The monoisotopic (exact) mass is 340 g/mol. The summed E-state index contributed by atoms with van der Waals surface area (Å²) in [6.45, 7) is 4.25. The molecule has 0 heterocycles. The van der Waals surface area contributed by atoms with E-state index in [0.717, 1.165) is 5.56 Å². The van der Waals surface area contributed by atoms with Crippen molar-refractivity contribution in [2.24, 2.45) is 0 Å². The van der Waals surface area contributed by atoms with Crippen molar-refractivity contribution in [3.63, 3.8) is 0 Å². The topological polar surface area (TPSA) is 44.8 Å². The Bertz CT molecular complexity index is 758. The van der Waals surface area contributed by atoms with Gasteiger partial charge in [-0.3, -0.25) is 4.79 Å². The maximum Gasteiger partial charge on any atom is 0.203 e. The standard InChI is InChI=1S/C21H24O4/c1-14(2)15-6-8-16(9-7-15)18(22)12-10-17-11-13-19(23-3)21(25-5)20(17)24-4/h6-14H,1-5H3/b12-10+. The predicted octanol–water partition coefficient (Wildman–Crippen LogP) is 4.73. The second kappa shape index (κ2) is 8.38. The Morgan fingerprint density at radius 1 is 0.880 bits per heavy atom. The van der Waals surface area contributed by atoms with E-state index < -0.39 is 0 Å². The molecule has 0 amide bonds. The lowest BCUT2D eigenvalue weighted by atomic mass is 10.00. The maximum atomic E-state index is 12.4. The van der Waals surface area contributed by atoms with Gasteiger partial charge < -0.3 is 14.2 Å². The number of ether oxygens (including phenoxy) is 3. The number of hydrogen-bond donors (Lipinski definition) is 0. The lowest BCUT2D eigenvalue weighted by Gasteiger charge is -2.13. The van der Waals surface area contributed by atoms with E-state index in [1.165, 1.54) is 11.6 Å². The van der Waals surface area contributed by atoms with Gasteiger partial charge in [0.05, 0.1) is 21.3 Å². The Labute approximate surface area is 149 Å². The van der Waals surface area contributed by atoms with Crippen molar-refractivity contribution in [1.82, 2.24) is 0 Å². The van der Waals surface area contributed by atoms with Gasteiger partial charge in [0.25, 0.3) is 0 Å². The van der Waals surface area contributed by atoms with E-state index in [1.54, 1.807) is 33.5 Å². The van der Waals surface area contributed by atoms with Crippen molar-refractivity contribution >= 4 is 11.9 Å². The van der Waals surface area contributed by atoms with Crippen molar-refractivity contribution in [1.29, 1.82) is 0 Å². The zero-order valence-corrected chi connectivity index (χ0v) is 15.3. The summed E-state index contributed by atoms with van der Waals surface area (Å²) in [5, 5.41) is 0. The van der Waals surface area contributed by atoms with Crippen LogP contribution in [0.1, 0.15) is 41.3 Å². The molecule has 0 saturated carbocycles. The average Bonchev–Trinajstić information content (AvgIpc) is 2.64. The molecule has 0 atom stereocenters. The van der Waals surface area contributed by atoms with Crippen LogP contribution in [0.5, 0.6) is 17.2 Å². The van der Waals surface area contributed by atoms with Crippen molar-refractivity contribution in [3.8, 4) is 17.2 Å². The van der Waals surface area contributed by atoms with E-state index in [0.29, 0.717) is 28.7 Å². The van der Waals surface area contributed by atoms with Crippen molar-refractivity contribution in [3.05, 3.63) is 59.2 Å². The highest BCUT2D eigenvalue weighted by Gasteiger charge is 2.14. The summed E-state index contributed by atoms with van der Waals surface area (Å²) >= 11 is 0. The third-order valence-corrected chi connectivity index (χ3v) is 4.01. The first-order chi connectivity index (χ1) is 12.0. The first-order valence-electron chi connectivity index (χ1n) is 8.13. The number of carbonyl (C=O) groups excluding carboxylic acids is 1. The largest absolute Gasteiger partial charge is 0.493 e. The second-order valence-corrected chi connectivity index (χ2v) is 5.90. The van der Waals surface area contributed by atoms with Gasteiger partial charge in [0.15, 0.2) is 17.3 Å². The third kappa shape index (κ3) is 4.21. The van der Waals surface area contributed by atoms with Crippen LogP contribution < -0.4 is 14.2 Å². The Balaban J connectivity index is 2.27. The van der Waals surface area contributed by atoms with Crippen LogP contribution >= 0.6 is 0 Å². The van der Waals surface area contributed by atoms with E-state index >= 15 is 0 Å². The molecule has 0 aromatic heterocycles. The molecule has 4 nitrogen and oxygen atoms in total. The number of rotatable bonds is 7. The fraction of sp³-hybridized carbons (Fsp3) is 0.286. The summed E-state index contributed by atoms with van der Waals surface area (Å²) in [7, 11) is 4.67. The summed E-state index contributed by atoms with van der Waals surface area (Å²) in [5.41, 5.74) is 2.61. The van der Waals surface area contributed by atoms with Gasteiger partial charge in [0, 0.05) is 11.1 Å². The van der Waals surface area contributed by atoms with E-state index in [9.17, 15) is 4.79 Å². The summed E-state index contributed by atoms with van der Waals surface area (Å²) in [4.78, 5) is 12.4. The summed E-state index contributed by atoms with van der Waals surface area (Å²) in [5.74, 6) is 1.98. The molecule has 0 aliphatic heterocycles. The molecule has 2 rings (SSSR count). The minimum absolute atomic E-state index is 0.0628. The maximum absolute atomic E-state index is 12.4. The molecular formula is C21H24O4. The van der Waals surface area contributed by atoms with Gasteiger partial charge >= 0.3 is 0 Å². The molecule has 25 heavy (non-hydrogen) atoms. The van der Waals surface area contributed by atoms with Crippen molar-refractivity contribution < 1.29 is 19.0 Å². The molecule has 0 aliphatic rings. The van der Waals surface area contributed by atoms with Gasteiger partial charge in [-0.2, -0.15) is 0 Å². The molecule has 4 heteroatoms. The number of ketones is 1. The van der Waals surface area contributed by atoms with Crippen LogP contribution in [-0.2, 0) is 0 Å². The lowest BCUT2D eigenvalue weighted by molar-refractivity contribution is 0.104. The van der Waals surface area contributed by atoms with Gasteiger partial charge in [-0.05, 0) is 35.8 Å². The fourth-order valence-electron chi connectivity index (χ4n) is 2.55. The van der Waals surface area contributed by atoms with Crippen molar-refractivity contribution in [2.45, 2.75) is 19.8 Å². The van der Waals surface area contributed by atoms with Crippen LogP contribution in [0.25, 0.3) is 6.08 Å². The number of benzene rings is 2. The van der Waals surface area contributed by atoms with Crippen LogP contribution in [0.2, 0.25) is 0 Å². The van der Waals surface area contributed by atoms with Gasteiger partial charge in [0.1, 0.15) is 0 Å². The minimum atomic E-state index is -0.0628. The summed E-state index contributed by atoms with van der Waals surface area (Å²) < 4.78 is 16.0. The number of carbonyl (C=O) groups is 1. The quantitative estimate of drug-likeness (QED) is 0.540. The minimum Gasteiger partial charge on any atom is -0.493 e. The van der Waals surface area contributed by atoms with Crippen LogP contribution in [0.4, 0.5) is 0 Å². The molecule has 0 aliphatic carbocycles. The van der Waals surface area contributed by atoms with Gasteiger partial charge in [0.2, 0.25) is 5.75 Å². The molecule has 0 unspecified atom stereocenters. The molecule has 0 fully saturated rings. The predicted molar refractivity (Wildman–Crippen MR) is 100.0 cm³/mol. The van der Waals surface area contributed by atoms with Crippen LogP contribution in [0.3, 0.4) is 0 Å². The highest BCUT2D eigenvalue weighted by molar-refractivity contribution is 6.07. The summed E-state index contributed by atoms with van der Waals surface area (Å²) in [6, 6.07) is 11.3. The third-order valence-electron chi connectivity index (χ3n) is 4.01. The molecule has 0 radical (unpaired) electrons. The van der Waals surface area contributed by atoms with Gasteiger partial charge in [-0.15, -0.1) is 0 Å². The smallest absolute Gasteiger partial charge is 0.203 e. The van der Waals surface area contributed by atoms with E-state index in [-0.39, 0.29) is 5.78 Å². The van der Waals surface area contributed by atoms with Gasteiger partial charge in [-0.1, -0.05) is 38.1 Å². The average molecular weight is 340 g/mol. The first-order valence-corrected chi connectivity index (χ1v) is 8.13. The number of hydrogen-bond acceptors (Lipinski definition) is 4. The van der Waals surface area contributed by atoms with Gasteiger partial charge in [-0.25, -0.2) is 0 Å². The molecule has 2 aromatic carbocycles. The van der Waals surface area contributed by atoms with E-state index in [2.05, 4.69) is 13.8 Å². The molecule has 0 saturated heterocycles. The zero-order valence-electron chi connectivity index (χ0n) is 15.3. The fourth-order valence-corrected chi connectivity index (χ4v) is 2.55. The Kier molecular flexibility index (Phi) is 6.23. The van der Waals surface area contributed by atoms with E-state index in [4.69, 9.17) is 14.2 Å². The second-order valence-electron chi connectivity index (χ2n) is 5.90. The zero-order chi connectivity index (χ0) is 18.4. The first kappa shape index (κ1) is 18.6. The number of methoxy groups -OCH3 is 3.